The van der Waals surface area contributed by atoms with Gasteiger partial charge in [0.25, 0.3) is 0 Å². The van der Waals surface area contributed by atoms with E-state index in [0.29, 0.717) is 0 Å². The van der Waals surface area contributed by atoms with Gasteiger partial charge in [0.1, 0.15) is 6.10 Å². The zero-order valence-electron chi connectivity index (χ0n) is 12.7. The van der Waals surface area contributed by atoms with Crippen LogP contribution in [0.15, 0.2) is 12.1 Å². The lowest BCUT2D eigenvalue weighted by Crippen LogP contribution is -2.29. The van der Waals surface area contributed by atoms with Gasteiger partial charge in [-0.1, -0.05) is 57.6 Å². The number of ether oxygens (including phenoxy) is 1. The maximum Gasteiger partial charge on any atom is 0.107 e. The van der Waals surface area contributed by atoms with Crippen LogP contribution in [0.5, 0.6) is 0 Å². The monoisotopic (exact) mass is 317 g/mol. The summed E-state index contributed by atoms with van der Waals surface area (Å²) in [5.41, 5.74) is 6.18. The van der Waals surface area contributed by atoms with Crippen molar-refractivity contribution < 1.29 is 4.74 Å². The van der Waals surface area contributed by atoms with E-state index >= 15 is 0 Å². The molecule has 0 radical (unpaired) electrons. The van der Waals surface area contributed by atoms with E-state index in [4.69, 9.17) is 22.1 Å². The molecule has 1 aromatic heterocycles. The van der Waals surface area contributed by atoms with Crippen LogP contribution in [0.25, 0.3) is 0 Å². The number of hydrogen-bond acceptors (Lipinski definition) is 3. The van der Waals surface area contributed by atoms with Crippen molar-refractivity contribution in [3.8, 4) is 0 Å². The second kappa shape index (κ2) is 10.6. The third-order valence-corrected chi connectivity index (χ3v) is 4.82. The van der Waals surface area contributed by atoms with Gasteiger partial charge in [-0.3, -0.25) is 0 Å². The molecule has 2 atom stereocenters. The summed E-state index contributed by atoms with van der Waals surface area (Å²) in [6.07, 6.45) is 8.57. The molecular formula is C16H28ClNOS. The van der Waals surface area contributed by atoms with Crippen molar-refractivity contribution in [3.63, 3.8) is 0 Å². The average molecular weight is 318 g/mol. The smallest absolute Gasteiger partial charge is 0.107 e. The normalized spacial score (nSPS) is 14.4. The molecule has 0 saturated carbocycles. The highest BCUT2D eigenvalue weighted by molar-refractivity contribution is 7.16. The highest BCUT2D eigenvalue weighted by atomic mass is 35.5. The fourth-order valence-corrected chi connectivity index (χ4v) is 3.39. The lowest BCUT2D eigenvalue weighted by atomic mass is 10.1. The van der Waals surface area contributed by atoms with Crippen LogP contribution in [0.4, 0.5) is 0 Å². The number of nitrogens with two attached hydrogens (primary N) is 1. The van der Waals surface area contributed by atoms with Crippen molar-refractivity contribution in [2.75, 3.05) is 6.61 Å². The van der Waals surface area contributed by atoms with Gasteiger partial charge >= 0.3 is 0 Å². The van der Waals surface area contributed by atoms with Crippen LogP contribution >= 0.6 is 22.9 Å². The first-order chi connectivity index (χ1) is 9.69. The first kappa shape index (κ1) is 18.0. The SMILES string of the molecule is CCCCCCCCOC(c1ccc(Cl)s1)C(N)CC. The predicted octanol–water partition coefficient (Wildman–Crippen LogP) is 5.56. The van der Waals surface area contributed by atoms with E-state index in [-0.39, 0.29) is 12.1 Å². The van der Waals surface area contributed by atoms with E-state index in [1.807, 2.05) is 12.1 Å². The molecule has 0 aromatic carbocycles. The number of thiophene rings is 1. The quantitative estimate of drug-likeness (QED) is 0.542. The maximum atomic E-state index is 6.18. The topological polar surface area (TPSA) is 35.2 Å². The van der Waals surface area contributed by atoms with E-state index in [1.54, 1.807) is 11.3 Å². The van der Waals surface area contributed by atoms with Gasteiger partial charge in [0, 0.05) is 17.5 Å². The van der Waals surface area contributed by atoms with Crippen LogP contribution in [0.1, 0.15) is 69.8 Å². The zero-order chi connectivity index (χ0) is 14.8. The third-order valence-electron chi connectivity index (χ3n) is 3.53. The summed E-state index contributed by atoms with van der Waals surface area (Å²) in [7, 11) is 0. The highest BCUT2D eigenvalue weighted by Crippen LogP contribution is 2.31. The summed E-state index contributed by atoms with van der Waals surface area (Å²) < 4.78 is 6.83. The highest BCUT2D eigenvalue weighted by Gasteiger charge is 2.20. The summed E-state index contributed by atoms with van der Waals surface area (Å²) in [5.74, 6) is 0. The molecule has 0 aliphatic rings. The van der Waals surface area contributed by atoms with Crippen molar-refractivity contribution in [2.45, 2.75) is 70.9 Å². The molecule has 0 amide bonds. The van der Waals surface area contributed by atoms with Gasteiger partial charge in [0.15, 0.2) is 0 Å². The zero-order valence-corrected chi connectivity index (χ0v) is 14.3. The van der Waals surface area contributed by atoms with Gasteiger partial charge in [0.2, 0.25) is 0 Å². The predicted molar refractivity (Wildman–Crippen MR) is 89.7 cm³/mol. The standard InChI is InChI=1S/C16H28ClNOS/c1-3-5-6-7-8-9-12-19-16(13(18)4-2)14-10-11-15(17)20-14/h10-11,13,16H,3-9,12,18H2,1-2H3. The summed E-state index contributed by atoms with van der Waals surface area (Å²) in [4.78, 5) is 1.15. The van der Waals surface area contributed by atoms with E-state index in [2.05, 4.69) is 13.8 Å². The molecule has 0 aliphatic carbocycles. The van der Waals surface area contributed by atoms with Crippen LogP contribution in [0.3, 0.4) is 0 Å². The lowest BCUT2D eigenvalue weighted by Gasteiger charge is -2.22. The summed E-state index contributed by atoms with van der Waals surface area (Å²) in [6, 6.07) is 4.00. The summed E-state index contributed by atoms with van der Waals surface area (Å²) >= 11 is 7.58. The molecule has 1 heterocycles. The Balaban J connectivity index is 2.31. The molecule has 0 spiro atoms. The molecule has 2 unspecified atom stereocenters. The minimum atomic E-state index is -0.00635. The molecule has 1 aromatic rings. The first-order valence-corrected chi connectivity index (χ1v) is 9.00. The van der Waals surface area contributed by atoms with Crippen molar-refractivity contribution in [1.29, 1.82) is 0 Å². The van der Waals surface area contributed by atoms with Gasteiger partial charge in [0.05, 0.1) is 4.34 Å². The largest absolute Gasteiger partial charge is 0.371 e. The summed E-state index contributed by atoms with van der Waals surface area (Å²) in [6.45, 7) is 5.13. The van der Waals surface area contributed by atoms with Crippen LogP contribution < -0.4 is 5.73 Å². The molecule has 2 N–H and O–H groups in total. The number of hydrogen-bond donors (Lipinski definition) is 1. The Hall–Kier alpha value is -0.0900. The Bertz CT molecular complexity index is 356. The molecule has 0 bridgehead atoms. The van der Waals surface area contributed by atoms with Crippen LogP contribution in [0.2, 0.25) is 4.34 Å². The van der Waals surface area contributed by atoms with Crippen molar-refractivity contribution in [2.24, 2.45) is 5.73 Å². The molecule has 0 aliphatic heterocycles. The Labute approximate surface area is 132 Å². The van der Waals surface area contributed by atoms with E-state index in [9.17, 15) is 0 Å². The Morgan fingerprint density at radius 2 is 1.85 bits per heavy atom. The Morgan fingerprint density at radius 1 is 1.15 bits per heavy atom. The van der Waals surface area contributed by atoms with Crippen molar-refractivity contribution in [3.05, 3.63) is 21.3 Å². The van der Waals surface area contributed by atoms with Crippen LogP contribution in [-0.2, 0) is 4.74 Å². The van der Waals surface area contributed by atoms with Gasteiger partial charge in [-0.15, -0.1) is 11.3 Å². The van der Waals surface area contributed by atoms with Gasteiger partial charge in [-0.25, -0.2) is 0 Å². The van der Waals surface area contributed by atoms with Gasteiger partial charge in [-0.2, -0.15) is 0 Å². The molecule has 0 fully saturated rings. The second-order valence-electron chi connectivity index (χ2n) is 5.27. The van der Waals surface area contributed by atoms with Crippen LogP contribution in [0, 0.1) is 0 Å². The first-order valence-electron chi connectivity index (χ1n) is 7.81. The maximum absolute atomic E-state index is 6.18. The second-order valence-corrected chi connectivity index (χ2v) is 7.02. The molecule has 2 nitrogen and oxygen atoms in total. The molecule has 4 heteroatoms. The molecule has 20 heavy (non-hydrogen) atoms. The van der Waals surface area contributed by atoms with Crippen molar-refractivity contribution >= 4 is 22.9 Å². The molecule has 0 saturated heterocycles. The summed E-state index contributed by atoms with van der Waals surface area (Å²) in [5, 5.41) is 0. The van der Waals surface area contributed by atoms with E-state index in [1.165, 1.54) is 32.1 Å². The number of unbranched alkanes of at least 4 members (excludes halogenated alkanes) is 5. The minimum absolute atomic E-state index is 0.00635. The van der Waals surface area contributed by atoms with Gasteiger partial charge < -0.3 is 10.5 Å². The Kier molecular flexibility index (Phi) is 9.53. The third kappa shape index (κ3) is 6.57. The Morgan fingerprint density at radius 3 is 2.45 bits per heavy atom. The van der Waals surface area contributed by atoms with Crippen LogP contribution in [-0.4, -0.2) is 12.6 Å². The molecule has 116 valence electrons. The number of rotatable bonds is 11. The molecular weight excluding hydrogens is 290 g/mol. The van der Waals surface area contributed by atoms with E-state index in [0.717, 1.165) is 28.7 Å². The fourth-order valence-electron chi connectivity index (χ4n) is 2.20. The molecule has 1 rings (SSSR count). The van der Waals surface area contributed by atoms with E-state index < -0.39 is 0 Å². The minimum Gasteiger partial charge on any atom is -0.371 e. The van der Waals surface area contributed by atoms with Gasteiger partial charge in [-0.05, 0) is 25.0 Å². The lowest BCUT2D eigenvalue weighted by molar-refractivity contribution is 0.0334. The van der Waals surface area contributed by atoms with Crippen molar-refractivity contribution in [1.82, 2.24) is 0 Å². The number of halogens is 1. The fraction of sp³-hybridized carbons (Fsp3) is 0.750. The average Bonchev–Trinajstić information content (AvgIpc) is 2.87.